The van der Waals surface area contributed by atoms with Crippen molar-refractivity contribution in [3.63, 3.8) is 0 Å². The number of hydrogen-bond acceptors (Lipinski definition) is 2. The van der Waals surface area contributed by atoms with Gasteiger partial charge >= 0.3 is 0 Å². The van der Waals surface area contributed by atoms with Gasteiger partial charge < -0.3 is 10.6 Å². The van der Waals surface area contributed by atoms with E-state index < -0.39 is 0 Å². The van der Waals surface area contributed by atoms with Gasteiger partial charge in [0.25, 0.3) is 0 Å². The summed E-state index contributed by atoms with van der Waals surface area (Å²) >= 11 is 0. The topological polar surface area (TPSA) is 41.1 Å². The predicted molar refractivity (Wildman–Crippen MR) is 72.6 cm³/mol. The Morgan fingerprint density at radius 3 is 2.41 bits per heavy atom. The van der Waals surface area contributed by atoms with Crippen molar-refractivity contribution in [3.05, 3.63) is 0 Å². The van der Waals surface area contributed by atoms with Crippen LogP contribution in [0.5, 0.6) is 0 Å². The zero-order valence-electron chi connectivity index (χ0n) is 11.5. The minimum absolute atomic E-state index is 0.0290. The third kappa shape index (κ3) is 8.76. The van der Waals surface area contributed by atoms with Gasteiger partial charge in [-0.25, -0.2) is 0 Å². The lowest BCUT2D eigenvalue weighted by molar-refractivity contribution is -0.122. The molecule has 0 saturated heterocycles. The van der Waals surface area contributed by atoms with Crippen LogP contribution in [0, 0.1) is 18.3 Å². The van der Waals surface area contributed by atoms with Crippen molar-refractivity contribution in [2.24, 2.45) is 5.92 Å². The Labute approximate surface area is 106 Å². The van der Waals surface area contributed by atoms with E-state index in [1.54, 1.807) is 0 Å². The van der Waals surface area contributed by atoms with Crippen LogP contribution in [-0.2, 0) is 4.79 Å². The van der Waals surface area contributed by atoms with Crippen molar-refractivity contribution in [2.75, 3.05) is 6.54 Å². The SMILES string of the molecule is C#CCNC(=O)C(C)NC(C)CCCC(C)C. The fourth-order valence-electron chi connectivity index (χ4n) is 1.71. The van der Waals surface area contributed by atoms with Crippen molar-refractivity contribution in [1.29, 1.82) is 0 Å². The van der Waals surface area contributed by atoms with E-state index >= 15 is 0 Å². The van der Waals surface area contributed by atoms with Crippen LogP contribution >= 0.6 is 0 Å². The fraction of sp³-hybridized carbons (Fsp3) is 0.786. The molecule has 3 nitrogen and oxygen atoms in total. The van der Waals surface area contributed by atoms with Gasteiger partial charge in [-0.3, -0.25) is 4.79 Å². The van der Waals surface area contributed by atoms with Crippen LogP contribution in [0.25, 0.3) is 0 Å². The number of carbonyl (C=O) groups excluding carboxylic acids is 1. The molecule has 0 spiro atoms. The zero-order valence-corrected chi connectivity index (χ0v) is 11.5. The highest BCUT2D eigenvalue weighted by Crippen LogP contribution is 2.08. The molecule has 0 aliphatic carbocycles. The van der Waals surface area contributed by atoms with E-state index in [-0.39, 0.29) is 11.9 Å². The van der Waals surface area contributed by atoms with Crippen LogP contribution in [0.3, 0.4) is 0 Å². The van der Waals surface area contributed by atoms with Crippen molar-refractivity contribution < 1.29 is 4.79 Å². The summed E-state index contributed by atoms with van der Waals surface area (Å²) in [5, 5.41) is 5.96. The first-order valence-corrected chi connectivity index (χ1v) is 6.44. The first-order chi connectivity index (χ1) is 7.97. The first kappa shape index (κ1) is 16.0. The maximum atomic E-state index is 11.6. The van der Waals surface area contributed by atoms with E-state index in [0.717, 1.165) is 12.3 Å². The Morgan fingerprint density at radius 1 is 1.24 bits per heavy atom. The highest BCUT2D eigenvalue weighted by Gasteiger charge is 2.14. The van der Waals surface area contributed by atoms with Crippen LogP contribution in [0.4, 0.5) is 0 Å². The molecule has 1 amide bonds. The number of carbonyl (C=O) groups is 1. The molecule has 2 atom stereocenters. The molecule has 0 bridgehead atoms. The molecule has 0 aromatic heterocycles. The largest absolute Gasteiger partial charge is 0.344 e. The zero-order chi connectivity index (χ0) is 13.3. The molecule has 0 heterocycles. The summed E-state index contributed by atoms with van der Waals surface area (Å²) in [6.45, 7) is 8.74. The Kier molecular flexibility index (Phi) is 8.53. The van der Waals surface area contributed by atoms with Crippen LogP contribution in [-0.4, -0.2) is 24.5 Å². The Morgan fingerprint density at radius 2 is 1.88 bits per heavy atom. The third-order valence-corrected chi connectivity index (χ3v) is 2.71. The van der Waals surface area contributed by atoms with Crippen molar-refractivity contribution in [2.45, 2.75) is 59.0 Å². The molecule has 0 aliphatic heterocycles. The quantitative estimate of drug-likeness (QED) is 0.634. The summed E-state index contributed by atoms with van der Waals surface area (Å²) in [7, 11) is 0. The second-order valence-corrected chi connectivity index (χ2v) is 5.04. The van der Waals surface area contributed by atoms with Gasteiger partial charge in [0.15, 0.2) is 0 Å². The Balaban J connectivity index is 3.75. The molecule has 2 unspecified atom stereocenters. The van der Waals surface area contributed by atoms with Gasteiger partial charge in [-0.2, -0.15) is 0 Å². The van der Waals surface area contributed by atoms with Gasteiger partial charge in [0, 0.05) is 6.04 Å². The summed E-state index contributed by atoms with van der Waals surface area (Å²) in [6.07, 6.45) is 8.63. The Hall–Kier alpha value is -1.01. The van der Waals surface area contributed by atoms with E-state index in [4.69, 9.17) is 6.42 Å². The second-order valence-electron chi connectivity index (χ2n) is 5.04. The number of nitrogens with one attached hydrogen (secondary N) is 2. The Bertz CT molecular complexity index is 255. The molecule has 3 heteroatoms. The molecule has 0 rings (SSSR count). The summed E-state index contributed by atoms with van der Waals surface area (Å²) in [5.74, 6) is 3.11. The predicted octanol–water partition coefficient (Wildman–Crippen LogP) is 1.93. The van der Waals surface area contributed by atoms with Crippen LogP contribution in [0.2, 0.25) is 0 Å². The summed E-state index contributed by atoms with van der Waals surface area (Å²) < 4.78 is 0. The van der Waals surface area contributed by atoms with E-state index in [9.17, 15) is 4.79 Å². The summed E-state index contributed by atoms with van der Waals surface area (Å²) in [6, 6.07) is 0.178. The van der Waals surface area contributed by atoms with Crippen molar-refractivity contribution >= 4 is 5.91 Å². The number of amides is 1. The lowest BCUT2D eigenvalue weighted by Gasteiger charge is -2.19. The molecular weight excluding hydrogens is 212 g/mol. The van der Waals surface area contributed by atoms with Gasteiger partial charge in [0.05, 0.1) is 12.6 Å². The summed E-state index contributed by atoms with van der Waals surface area (Å²) in [4.78, 5) is 11.6. The smallest absolute Gasteiger partial charge is 0.237 e. The molecule has 0 saturated carbocycles. The molecule has 0 aliphatic rings. The molecular formula is C14H26N2O. The van der Waals surface area contributed by atoms with Gasteiger partial charge in [-0.1, -0.05) is 32.6 Å². The van der Waals surface area contributed by atoms with E-state index in [0.29, 0.717) is 12.6 Å². The van der Waals surface area contributed by atoms with E-state index in [2.05, 4.69) is 37.3 Å². The second kappa shape index (κ2) is 9.07. The molecule has 0 aromatic carbocycles. The normalized spacial score (nSPS) is 14.1. The van der Waals surface area contributed by atoms with E-state index in [1.807, 2.05) is 6.92 Å². The maximum absolute atomic E-state index is 11.6. The molecule has 0 fully saturated rings. The molecule has 0 aromatic rings. The van der Waals surface area contributed by atoms with Gasteiger partial charge in [-0.15, -0.1) is 6.42 Å². The standard InChI is InChI=1S/C14H26N2O/c1-6-10-15-14(17)13(5)16-12(4)9-7-8-11(2)3/h1,11-13,16H,7-10H2,2-5H3,(H,15,17). The third-order valence-electron chi connectivity index (χ3n) is 2.71. The maximum Gasteiger partial charge on any atom is 0.237 e. The molecule has 98 valence electrons. The minimum Gasteiger partial charge on any atom is -0.344 e. The first-order valence-electron chi connectivity index (χ1n) is 6.44. The number of terminal acetylenes is 1. The lowest BCUT2D eigenvalue weighted by Crippen LogP contribution is -2.45. The number of rotatable bonds is 8. The highest BCUT2D eigenvalue weighted by atomic mass is 16.2. The highest BCUT2D eigenvalue weighted by molar-refractivity contribution is 5.81. The monoisotopic (exact) mass is 238 g/mol. The number of hydrogen-bond donors (Lipinski definition) is 2. The fourth-order valence-corrected chi connectivity index (χ4v) is 1.71. The lowest BCUT2D eigenvalue weighted by atomic mass is 10.0. The van der Waals surface area contributed by atoms with Crippen molar-refractivity contribution in [3.8, 4) is 12.3 Å². The van der Waals surface area contributed by atoms with Gasteiger partial charge in [-0.05, 0) is 26.2 Å². The average molecular weight is 238 g/mol. The minimum atomic E-state index is -0.183. The van der Waals surface area contributed by atoms with Crippen molar-refractivity contribution in [1.82, 2.24) is 10.6 Å². The summed E-state index contributed by atoms with van der Waals surface area (Å²) in [5.41, 5.74) is 0. The molecule has 0 radical (unpaired) electrons. The average Bonchev–Trinajstić information content (AvgIpc) is 2.25. The van der Waals surface area contributed by atoms with Crippen LogP contribution in [0.1, 0.15) is 47.0 Å². The van der Waals surface area contributed by atoms with Crippen LogP contribution in [0.15, 0.2) is 0 Å². The molecule has 17 heavy (non-hydrogen) atoms. The van der Waals surface area contributed by atoms with Gasteiger partial charge in [0.1, 0.15) is 0 Å². The molecule has 2 N–H and O–H groups in total. The van der Waals surface area contributed by atoms with Crippen LogP contribution < -0.4 is 10.6 Å². The van der Waals surface area contributed by atoms with Gasteiger partial charge in [0.2, 0.25) is 5.91 Å². The van der Waals surface area contributed by atoms with E-state index in [1.165, 1.54) is 12.8 Å².